The van der Waals surface area contributed by atoms with Gasteiger partial charge in [-0.2, -0.15) is 0 Å². The molecule has 0 spiro atoms. The van der Waals surface area contributed by atoms with E-state index in [4.69, 9.17) is 23.2 Å². The van der Waals surface area contributed by atoms with E-state index < -0.39 is 0 Å². The van der Waals surface area contributed by atoms with Crippen LogP contribution in [0.1, 0.15) is 27.6 Å². The van der Waals surface area contributed by atoms with Gasteiger partial charge in [-0.15, -0.1) is 11.6 Å². The summed E-state index contributed by atoms with van der Waals surface area (Å²) in [4.78, 5) is 0. The molecule has 0 radical (unpaired) electrons. The minimum Gasteiger partial charge on any atom is -0.117 e. The predicted molar refractivity (Wildman–Crippen MR) is 79.7 cm³/mol. The van der Waals surface area contributed by atoms with Crippen molar-refractivity contribution < 1.29 is 0 Å². The van der Waals surface area contributed by atoms with E-state index in [1.807, 2.05) is 19.1 Å². The van der Waals surface area contributed by atoms with Gasteiger partial charge in [0.05, 0.1) is 5.38 Å². The summed E-state index contributed by atoms with van der Waals surface area (Å²) < 4.78 is 0. The number of aryl methyl sites for hydroxylation is 2. The van der Waals surface area contributed by atoms with E-state index in [0.717, 1.165) is 22.6 Å². The second kappa shape index (κ2) is 5.77. The van der Waals surface area contributed by atoms with Gasteiger partial charge in [0.25, 0.3) is 0 Å². The highest BCUT2D eigenvalue weighted by Crippen LogP contribution is 2.28. The normalized spacial score (nSPS) is 12.4. The van der Waals surface area contributed by atoms with Crippen molar-refractivity contribution >= 4 is 23.2 Å². The molecule has 0 heterocycles. The Kier molecular flexibility index (Phi) is 4.31. The van der Waals surface area contributed by atoms with E-state index in [2.05, 4.69) is 37.3 Å². The average Bonchev–Trinajstić information content (AvgIpc) is 2.31. The molecule has 0 aliphatic rings. The zero-order valence-electron chi connectivity index (χ0n) is 10.6. The van der Waals surface area contributed by atoms with Crippen molar-refractivity contribution in [2.75, 3.05) is 0 Å². The third-order valence-electron chi connectivity index (χ3n) is 2.96. The molecule has 0 nitrogen and oxygen atoms in total. The SMILES string of the molecule is Cc1ccc(CC(Cl)c2cc(C)cc(Cl)c2)cc1. The van der Waals surface area contributed by atoms with Crippen LogP contribution in [0.25, 0.3) is 0 Å². The molecular weight excluding hydrogens is 263 g/mol. The highest BCUT2D eigenvalue weighted by molar-refractivity contribution is 6.30. The molecule has 0 aliphatic heterocycles. The molecule has 0 saturated heterocycles. The van der Waals surface area contributed by atoms with E-state index in [1.165, 1.54) is 11.1 Å². The summed E-state index contributed by atoms with van der Waals surface area (Å²) in [6.45, 7) is 4.12. The largest absolute Gasteiger partial charge is 0.117 e. The Morgan fingerprint density at radius 3 is 2.22 bits per heavy atom. The van der Waals surface area contributed by atoms with Crippen LogP contribution < -0.4 is 0 Å². The van der Waals surface area contributed by atoms with Crippen LogP contribution in [-0.2, 0) is 6.42 Å². The Morgan fingerprint density at radius 1 is 0.944 bits per heavy atom. The molecule has 0 saturated carbocycles. The molecule has 2 rings (SSSR count). The molecule has 94 valence electrons. The van der Waals surface area contributed by atoms with E-state index in [-0.39, 0.29) is 5.38 Å². The van der Waals surface area contributed by atoms with Gasteiger partial charge in [0, 0.05) is 5.02 Å². The van der Waals surface area contributed by atoms with Crippen LogP contribution in [0, 0.1) is 13.8 Å². The lowest BCUT2D eigenvalue weighted by molar-refractivity contribution is 0.917. The Hall–Kier alpha value is -0.980. The maximum absolute atomic E-state index is 6.47. The van der Waals surface area contributed by atoms with Crippen molar-refractivity contribution in [2.45, 2.75) is 25.6 Å². The van der Waals surface area contributed by atoms with Crippen molar-refractivity contribution in [2.24, 2.45) is 0 Å². The monoisotopic (exact) mass is 278 g/mol. The van der Waals surface area contributed by atoms with Crippen molar-refractivity contribution in [3.05, 3.63) is 69.7 Å². The highest BCUT2D eigenvalue weighted by atomic mass is 35.5. The topological polar surface area (TPSA) is 0 Å². The zero-order valence-corrected chi connectivity index (χ0v) is 12.1. The van der Waals surface area contributed by atoms with Crippen LogP contribution in [-0.4, -0.2) is 0 Å². The lowest BCUT2D eigenvalue weighted by Gasteiger charge is -2.11. The summed E-state index contributed by atoms with van der Waals surface area (Å²) in [5.41, 5.74) is 4.75. The summed E-state index contributed by atoms with van der Waals surface area (Å²) in [7, 11) is 0. The van der Waals surface area contributed by atoms with Crippen LogP contribution >= 0.6 is 23.2 Å². The summed E-state index contributed by atoms with van der Waals surface area (Å²) >= 11 is 12.5. The quantitative estimate of drug-likeness (QED) is 0.653. The van der Waals surface area contributed by atoms with Crippen molar-refractivity contribution in [3.8, 4) is 0 Å². The fraction of sp³-hybridized carbons (Fsp3) is 0.250. The first-order valence-electron chi connectivity index (χ1n) is 6.01. The number of benzene rings is 2. The molecule has 0 aliphatic carbocycles. The first-order valence-corrected chi connectivity index (χ1v) is 6.83. The molecule has 1 atom stereocenters. The van der Waals surface area contributed by atoms with Crippen LogP contribution in [0.15, 0.2) is 42.5 Å². The number of rotatable bonds is 3. The van der Waals surface area contributed by atoms with Crippen molar-refractivity contribution in [3.63, 3.8) is 0 Å². The molecule has 0 amide bonds. The summed E-state index contributed by atoms with van der Waals surface area (Å²) in [5, 5.41) is 0.713. The smallest absolute Gasteiger partial charge is 0.0626 e. The minimum absolute atomic E-state index is 0.0369. The molecule has 2 aromatic carbocycles. The molecule has 0 N–H and O–H groups in total. The lowest BCUT2D eigenvalue weighted by Crippen LogP contribution is -1.96. The van der Waals surface area contributed by atoms with Crippen LogP contribution in [0.3, 0.4) is 0 Å². The maximum Gasteiger partial charge on any atom is 0.0626 e. The van der Waals surface area contributed by atoms with Gasteiger partial charge in [-0.3, -0.25) is 0 Å². The predicted octanol–water partition coefficient (Wildman–Crippen LogP) is 5.48. The fourth-order valence-corrected chi connectivity index (χ4v) is 2.60. The third kappa shape index (κ3) is 3.51. The standard InChI is InChI=1S/C16H16Cl2/c1-11-3-5-13(6-4-11)9-16(18)14-7-12(2)8-15(17)10-14/h3-8,10,16H,9H2,1-2H3. The van der Waals surface area contributed by atoms with Gasteiger partial charge in [-0.1, -0.05) is 47.5 Å². The summed E-state index contributed by atoms with van der Waals surface area (Å²) in [5.74, 6) is 0. The summed E-state index contributed by atoms with van der Waals surface area (Å²) in [6, 6.07) is 14.5. The molecule has 18 heavy (non-hydrogen) atoms. The van der Waals surface area contributed by atoms with Crippen LogP contribution in [0.5, 0.6) is 0 Å². The number of alkyl halides is 1. The van der Waals surface area contributed by atoms with Gasteiger partial charge in [0.1, 0.15) is 0 Å². The molecule has 0 bridgehead atoms. The Labute approximate surface area is 119 Å². The summed E-state index contributed by atoms with van der Waals surface area (Å²) in [6.07, 6.45) is 0.821. The molecule has 2 aromatic rings. The van der Waals surface area contributed by atoms with E-state index >= 15 is 0 Å². The molecular formula is C16H16Cl2. The maximum atomic E-state index is 6.47. The fourth-order valence-electron chi connectivity index (χ4n) is 1.99. The third-order valence-corrected chi connectivity index (χ3v) is 3.59. The van der Waals surface area contributed by atoms with Crippen molar-refractivity contribution in [1.29, 1.82) is 0 Å². The number of hydrogen-bond acceptors (Lipinski definition) is 0. The van der Waals surface area contributed by atoms with E-state index in [0.29, 0.717) is 0 Å². The van der Waals surface area contributed by atoms with Gasteiger partial charge in [0.15, 0.2) is 0 Å². The Bertz CT molecular complexity index is 509. The number of hydrogen-bond donors (Lipinski definition) is 0. The Morgan fingerprint density at radius 2 is 1.61 bits per heavy atom. The number of halogens is 2. The van der Waals surface area contributed by atoms with E-state index in [1.54, 1.807) is 0 Å². The molecule has 0 fully saturated rings. The first kappa shape index (κ1) is 13.5. The van der Waals surface area contributed by atoms with Gasteiger partial charge in [-0.05, 0) is 49.1 Å². The second-order valence-electron chi connectivity index (χ2n) is 4.72. The lowest BCUT2D eigenvalue weighted by atomic mass is 10.0. The highest BCUT2D eigenvalue weighted by Gasteiger charge is 2.10. The van der Waals surface area contributed by atoms with Gasteiger partial charge >= 0.3 is 0 Å². The Balaban J connectivity index is 2.16. The van der Waals surface area contributed by atoms with E-state index in [9.17, 15) is 0 Å². The van der Waals surface area contributed by atoms with Gasteiger partial charge < -0.3 is 0 Å². The average molecular weight is 279 g/mol. The second-order valence-corrected chi connectivity index (χ2v) is 5.68. The van der Waals surface area contributed by atoms with Crippen LogP contribution in [0.4, 0.5) is 0 Å². The zero-order chi connectivity index (χ0) is 13.1. The molecule has 2 heteroatoms. The van der Waals surface area contributed by atoms with Crippen molar-refractivity contribution in [1.82, 2.24) is 0 Å². The minimum atomic E-state index is -0.0369. The first-order chi connectivity index (χ1) is 8.54. The molecule has 1 unspecified atom stereocenters. The molecule has 0 aromatic heterocycles. The van der Waals surface area contributed by atoms with Crippen LogP contribution in [0.2, 0.25) is 5.02 Å². The van der Waals surface area contributed by atoms with Gasteiger partial charge in [0.2, 0.25) is 0 Å². The van der Waals surface area contributed by atoms with Gasteiger partial charge in [-0.25, -0.2) is 0 Å².